The van der Waals surface area contributed by atoms with E-state index in [1.807, 2.05) is 4.90 Å². The highest BCUT2D eigenvalue weighted by Crippen LogP contribution is 2.31. The van der Waals surface area contributed by atoms with Crippen molar-refractivity contribution >= 4 is 32.8 Å². The van der Waals surface area contributed by atoms with Crippen LogP contribution in [0.3, 0.4) is 0 Å². The predicted octanol–water partition coefficient (Wildman–Crippen LogP) is 2.71. The van der Waals surface area contributed by atoms with Crippen LogP contribution < -0.4 is 5.63 Å². The monoisotopic (exact) mass is 482 g/mol. The van der Waals surface area contributed by atoms with Crippen molar-refractivity contribution in [3.63, 3.8) is 0 Å². The lowest BCUT2D eigenvalue weighted by Crippen LogP contribution is -2.42. The fraction of sp³-hybridized carbons (Fsp3) is 0.292. The highest BCUT2D eigenvalue weighted by Gasteiger charge is 2.35. The summed E-state index contributed by atoms with van der Waals surface area (Å²) in [5.74, 6) is -0.541. The van der Waals surface area contributed by atoms with E-state index in [1.165, 1.54) is 18.2 Å². The molecule has 1 N–H and O–H groups in total. The number of hydrogen-bond donors (Lipinski definition) is 1. The maximum Gasteiger partial charge on any atom is 0.336 e. The zero-order valence-corrected chi connectivity index (χ0v) is 19.2. The van der Waals surface area contributed by atoms with Gasteiger partial charge in [-0.2, -0.15) is 8.42 Å². The second-order valence-corrected chi connectivity index (χ2v) is 10.0. The van der Waals surface area contributed by atoms with E-state index in [4.69, 9.17) is 9.15 Å². The lowest BCUT2D eigenvalue weighted by molar-refractivity contribution is -0.151. The summed E-state index contributed by atoms with van der Waals surface area (Å²) in [5, 5.41) is 10.5. The number of phenolic OH excluding ortho intramolecular Hbond substituents is 1. The molecule has 10 heteroatoms. The zero-order chi connectivity index (χ0) is 24.0. The van der Waals surface area contributed by atoms with Gasteiger partial charge in [0.2, 0.25) is 0 Å². The van der Waals surface area contributed by atoms with Gasteiger partial charge in [0, 0.05) is 41.2 Å². The van der Waals surface area contributed by atoms with Crippen LogP contribution in [0, 0.1) is 12.8 Å². The van der Waals surface area contributed by atoms with E-state index in [1.54, 1.807) is 31.2 Å². The molecule has 176 valence electrons. The summed E-state index contributed by atoms with van der Waals surface area (Å²) >= 11 is 0. The molecule has 0 amide bonds. The topological polar surface area (TPSA) is 126 Å². The van der Waals surface area contributed by atoms with Crippen molar-refractivity contribution in [3.05, 3.63) is 69.6 Å². The van der Waals surface area contributed by atoms with Crippen molar-refractivity contribution in [2.24, 2.45) is 10.3 Å². The molecular weight excluding hydrogens is 460 g/mol. The van der Waals surface area contributed by atoms with E-state index in [9.17, 15) is 23.1 Å². The maximum atomic E-state index is 12.9. The average molecular weight is 483 g/mol. The van der Waals surface area contributed by atoms with E-state index in [-0.39, 0.29) is 29.4 Å². The lowest BCUT2D eigenvalue weighted by Gasteiger charge is -2.32. The van der Waals surface area contributed by atoms with Crippen LogP contribution in [0.4, 0.5) is 0 Å². The van der Waals surface area contributed by atoms with Crippen LogP contribution >= 0.6 is 0 Å². The number of hydrogen-bond acceptors (Lipinski definition) is 8. The van der Waals surface area contributed by atoms with E-state index in [0.29, 0.717) is 47.3 Å². The Hall–Kier alpha value is -3.66. The second-order valence-electron chi connectivity index (χ2n) is 8.46. The third kappa shape index (κ3) is 3.83. The number of likely N-dealkylation sites (tertiary alicyclic amines) is 1. The van der Waals surface area contributed by atoms with Gasteiger partial charge in [0.1, 0.15) is 22.8 Å². The number of benzene rings is 2. The summed E-state index contributed by atoms with van der Waals surface area (Å²) in [7, 11) is -3.75. The maximum absolute atomic E-state index is 12.9. The summed E-state index contributed by atoms with van der Waals surface area (Å²) in [6, 6.07) is 11.0. The number of esters is 1. The van der Waals surface area contributed by atoms with Crippen molar-refractivity contribution in [3.8, 4) is 5.75 Å². The van der Waals surface area contributed by atoms with Gasteiger partial charge < -0.3 is 19.2 Å². The smallest absolute Gasteiger partial charge is 0.336 e. The van der Waals surface area contributed by atoms with Crippen LogP contribution in [0.1, 0.15) is 29.5 Å². The summed E-state index contributed by atoms with van der Waals surface area (Å²) in [4.78, 5) is 26.9. The van der Waals surface area contributed by atoms with Crippen molar-refractivity contribution in [2.45, 2.75) is 31.3 Å². The van der Waals surface area contributed by atoms with E-state index in [0.717, 1.165) is 0 Å². The first-order chi connectivity index (χ1) is 16.2. The Morgan fingerprint density at radius 3 is 2.88 bits per heavy atom. The minimum Gasteiger partial charge on any atom is -0.508 e. The van der Waals surface area contributed by atoms with Gasteiger partial charge in [-0.15, -0.1) is 4.40 Å². The summed E-state index contributed by atoms with van der Waals surface area (Å²) < 4.78 is 39.6. The number of amidine groups is 1. The van der Waals surface area contributed by atoms with Crippen LogP contribution in [0.2, 0.25) is 0 Å². The molecule has 2 aromatic carbocycles. The van der Waals surface area contributed by atoms with Crippen LogP contribution in [-0.4, -0.2) is 43.3 Å². The molecule has 3 aromatic rings. The lowest BCUT2D eigenvalue weighted by atomic mass is 9.97. The quantitative estimate of drug-likeness (QED) is 0.446. The zero-order valence-electron chi connectivity index (χ0n) is 18.4. The standard InChI is InChI=1S/C24H22N2O7S/c1-14-19(27)9-8-17-16(11-21(28)33-22(14)17)13-32-24(29)15-5-4-10-26(12-15)23-18-6-2-3-7-20(18)34(30,31)25-23/h2-3,6-9,11,15,27H,4-5,10,12-13H2,1H3/t15-/m1/s1. The summed E-state index contributed by atoms with van der Waals surface area (Å²) in [6.45, 7) is 2.38. The van der Waals surface area contributed by atoms with Gasteiger partial charge in [-0.3, -0.25) is 4.79 Å². The molecule has 1 aromatic heterocycles. The largest absolute Gasteiger partial charge is 0.508 e. The molecule has 0 radical (unpaired) electrons. The van der Waals surface area contributed by atoms with Gasteiger partial charge >= 0.3 is 11.6 Å². The molecule has 9 nitrogen and oxygen atoms in total. The van der Waals surface area contributed by atoms with Gasteiger partial charge in [-0.05, 0) is 44.0 Å². The Labute approximate surface area is 195 Å². The molecular formula is C24H22N2O7S. The van der Waals surface area contributed by atoms with Crippen molar-refractivity contribution in [2.75, 3.05) is 13.1 Å². The number of fused-ring (bicyclic) bond motifs is 2. The van der Waals surface area contributed by atoms with Crippen molar-refractivity contribution < 1.29 is 27.5 Å². The SMILES string of the molecule is Cc1c(O)ccc2c(COC(=O)[C@@H]3CCCN(C4=NS(=O)(=O)c5ccccc54)C3)cc(=O)oc12. The fourth-order valence-electron chi connectivity index (χ4n) is 4.48. The van der Waals surface area contributed by atoms with Crippen molar-refractivity contribution in [1.82, 2.24) is 4.90 Å². The van der Waals surface area contributed by atoms with Gasteiger partial charge in [0.25, 0.3) is 10.0 Å². The number of carbonyl (C=O) groups excluding carboxylic acids is 1. The molecule has 2 aliphatic rings. The van der Waals surface area contributed by atoms with Crippen LogP contribution in [-0.2, 0) is 26.2 Å². The fourth-order valence-corrected chi connectivity index (χ4v) is 5.71. The Bertz CT molecular complexity index is 1510. The number of aryl methyl sites for hydroxylation is 1. The number of sulfonamides is 1. The second kappa shape index (κ2) is 8.28. The van der Waals surface area contributed by atoms with E-state index in [2.05, 4.69) is 4.40 Å². The number of nitrogens with zero attached hydrogens (tertiary/aromatic N) is 2. The minimum absolute atomic E-state index is 0.00510. The van der Waals surface area contributed by atoms with Gasteiger partial charge in [0.05, 0.1) is 5.92 Å². The third-order valence-corrected chi connectivity index (χ3v) is 7.58. The predicted molar refractivity (Wildman–Crippen MR) is 123 cm³/mol. The molecule has 5 rings (SSSR count). The van der Waals surface area contributed by atoms with E-state index >= 15 is 0 Å². The number of ether oxygens (including phenoxy) is 1. The molecule has 3 heterocycles. The molecule has 0 bridgehead atoms. The summed E-state index contributed by atoms with van der Waals surface area (Å²) in [6.07, 6.45) is 1.28. The highest BCUT2D eigenvalue weighted by atomic mass is 32.2. The van der Waals surface area contributed by atoms with Crippen LogP contribution in [0.5, 0.6) is 5.75 Å². The minimum atomic E-state index is -3.75. The first-order valence-corrected chi connectivity index (χ1v) is 12.3. The van der Waals surface area contributed by atoms with Gasteiger partial charge in [-0.25, -0.2) is 4.79 Å². The Morgan fingerprint density at radius 1 is 1.26 bits per heavy atom. The van der Waals surface area contributed by atoms with E-state index < -0.39 is 27.5 Å². The van der Waals surface area contributed by atoms with Crippen LogP contribution in [0.25, 0.3) is 11.0 Å². The Balaban J connectivity index is 1.33. The van der Waals surface area contributed by atoms with Gasteiger partial charge in [0.15, 0.2) is 5.84 Å². The molecule has 1 atom stereocenters. The molecule has 2 aliphatic heterocycles. The molecule has 0 saturated carbocycles. The average Bonchev–Trinajstić information content (AvgIpc) is 3.11. The molecule has 1 saturated heterocycles. The first-order valence-electron chi connectivity index (χ1n) is 10.9. The number of aromatic hydroxyl groups is 1. The summed E-state index contributed by atoms with van der Waals surface area (Å²) in [5.41, 5.74) is 1.10. The Kier molecular flexibility index (Phi) is 5.40. The van der Waals surface area contributed by atoms with Crippen molar-refractivity contribution in [1.29, 1.82) is 0 Å². The number of rotatable bonds is 3. The molecule has 34 heavy (non-hydrogen) atoms. The number of carbonyl (C=O) groups is 1. The first kappa shape index (κ1) is 22.1. The number of phenols is 1. The normalized spacial score (nSPS) is 19.0. The van der Waals surface area contributed by atoms with Gasteiger partial charge in [-0.1, -0.05) is 12.1 Å². The van der Waals surface area contributed by atoms with Crippen LogP contribution in [0.15, 0.2) is 61.0 Å². The molecule has 1 fully saturated rings. The molecule has 0 aliphatic carbocycles. The Morgan fingerprint density at radius 2 is 2.06 bits per heavy atom. The highest BCUT2D eigenvalue weighted by molar-refractivity contribution is 7.90. The number of piperidine rings is 1. The molecule has 0 unspecified atom stereocenters. The molecule has 0 spiro atoms. The third-order valence-electron chi connectivity index (χ3n) is 6.25.